The molecule has 2 saturated carbocycles. The normalized spacial score (nSPS) is 26.6. The number of hydrogen-bond donors (Lipinski definition) is 1. The molecule has 4 rings (SSSR count). The fourth-order valence-electron chi connectivity index (χ4n) is 5.13. The Hall–Kier alpha value is -3.03. The minimum atomic E-state index is -0.650. The van der Waals surface area contributed by atoms with E-state index in [0.717, 1.165) is 19.3 Å². The van der Waals surface area contributed by atoms with Crippen LogP contribution in [-0.2, 0) is 23.9 Å². The van der Waals surface area contributed by atoms with Crippen molar-refractivity contribution in [3.8, 4) is 0 Å². The highest BCUT2D eigenvalue weighted by Gasteiger charge is 2.60. The third-order valence-corrected chi connectivity index (χ3v) is 6.48. The second-order valence-electron chi connectivity index (χ2n) is 8.31. The van der Waals surface area contributed by atoms with Gasteiger partial charge in [-0.3, -0.25) is 28.9 Å². The van der Waals surface area contributed by atoms with E-state index in [1.54, 1.807) is 18.2 Å². The summed E-state index contributed by atoms with van der Waals surface area (Å²) in [6.07, 6.45) is 2.84. The number of nitrogens with one attached hydrogen (secondary N) is 1. The van der Waals surface area contributed by atoms with Crippen LogP contribution in [0.15, 0.2) is 24.3 Å². The number of benzene rings is 1. The Balaban J connectivity index is 1.23. The monoisotopic (exact) mass is 412 g/mol. The molecule has 1 aromatic rings. The second kappa shape index (κ2) is 8.01. The number of carbonyl (C=O) groups is 5. The van der Waals surface area contributed by atoms with E-state index in [1.807, 2.05) is 0 Å². The average molecular weight is 412 g/mol. The fraction of sp³-hybridized carbons (Fsp3) is 0.500. The van der Waals surface area contributed by atoms with Crippen molar-refractivity contribution < 1.29 is 28.7 Å². The highest BCUT2D eigenvalue weighted by atomic mass is 16.5. The van der Waals surface area contributed by atoms with Crippen molar-refractivity contribution >= 4 is 35.2 Å². The quantitative estimate of drug-likeness (QED) is 0.415. The summed E-state index contributed by atoms with van der Waals surface area (Å²) in [6, 6.07) is 6.44. The third-order valence-electron chi connectivity index (χ3n) is 6.48. The van der Waals surface area contributed by atoms with Gasteiger partial charge in [-0.25, -0.2) is 0 Å². The summed E-state index contributed by atoms with van der Waals surface area (Å²) in [5.41, 5.74) is 0.890. The first-order valence-corrected chi connectivity index (χ1v) is 10.3. The number of amides is 3. The lowest BCUT2D eigenvalue weighted by atomic mass is 9.81. The standard InChI is InChI=1S/C22H24N2O6/c1-12(25)13-3-2-4-16(10-13)23-17(26)11-30-18(27)7-8-24-21(28)19-14-5-6-15(9-14)20(19)22(24)29/h2-4,10,14-15,19-20H,5-9,11H2,1H3,(H,23,26)/t14-,15-,19-,20+/m0/s1. The van der Waals surface area contributed by atoms with Crippen LogP contribution in [0, 0.1) is 23.7 Å². The van der Waals surface area contributed by atoms with Crippen LogP contribution in [0.25, 0.3) is 0 Å². The van der Waals surface area contributed by atoms with Gasteiger partial charge >= 0.3 is 5.97 Å². The number of imide groups is 1. The number of hydrogen-bond acceptors (Lipinski definition) is 6. The van der Waals surface area contributed by atoms with Crippen LogP contribution in [0.3, 0.4) is 0 Å². The van der Waals surface area contributed by atoms with Crippen molar-refractivity contribution in [1.82, 2.24) is 4.90 Å². The molecule has 8 heteroatoms. The molecule has 3 fully saturated rings. The van der Waals surface area contributed by atoms with Gasteiger partial charge in [-0.05, 0) is 50.2 Å². The lowest BCUT2D eigenvalue weighted by molar-refractivity contribution is -0.149. The van der Waals surface area contributed by atoms with E-state index in [-0.39, 0.29) is 42.4 Å². The Morgan fingerprint density at radius 3 is 2.40 bits per heavy atom. The molecule has 1 heterocycles. The van der Waals surface area contributed by atoms with Gasteiger partial charge in [0.1, 0.15) is 0 Å². The smallest absolute Gasteiger partial charge is 0.308 e. The molecule has 0 spiro atoms. The molecule has 158 valence electrons. The molecule has 1 N–H and O–H groups in total. The zero-order valence-corrected chi connectivity index (χ0v) is 16.8. The molecule has 3 aliphatic rings. The Morgan fingerprint density at radius 2 is 1.77 bits per heavy atom. The topological polar surface area (TPSA) is 110 Å². The van der Waals surface area contributed by atoms with Crippen molar-refractivity contribution in [3.63, 3.8) is 0 Å². The number of Topliss-reactive ketones (excluding diaryl/α,β-unsaturated/α-hetero) is 1. The van der Waals surface area contributed by atoms with Crippen LogP contribution in [0.1, 0.15) is 43.0 Å². The van der Waals surface area contributed by atoms with Crippen molar-refractivity contribution in [3.05, 3.63) is 29.8 Å². The zero-order chi connectivity index (χ0) is 21.4. The van der Waals surface area contributed by atoms with Gasteiger partial charge in [0.05, 0.1) is 18.3 Å². The van der Waals surface area contributed by atoms with Crippen molar-refractivity contribution in [2.45, 2.75) is 32.6 Å². The maximum absolute atomic E-state index is 12.6. The largest absolute Gasteiger partial charge is 0.456 e. The summed E-state index contributed by atoms with van der Waals surface area (Å²) in [7, 11) is 0. The number of anilines is 1. The first-order chi connectivity index (χ1) is 14.3. The summed E-state index contributed by atoms with van der Waals surface area (Å²) in [4.78, 5) is 61.8. The van der Waals surface area contributed by atoms with E-state index >= 15 is 0 Å². The number of rotatable bonds is 7. The summed E-state index contributed by atoms with van der Waals surface area (Å²) in [6.45, 7) is 0.933. The predicted octanol–water partition coefficient (Wildman–Crippen LogP) is 1.79. The van der Waals surface area contributed by atoms with Gasteiger partial charge in [-0.15, -0.1) is 0 Å². The van der Waals surface area contributed by atoms with Gasteiger partial charge in [0, 0.05) is 17.8 Å². The van der Waals surface area contributed by atoms with Crippen LogP contribution in [0.2, 0.25) is 0 Å². The van der Waals surface area contributed by atoms with Gasteiger partial charge in [-0.1, -0.05) is 12.1 Å². The van der Waals surface area contributed by atoms with Gasteiger partial charge in [0.15, 0.2) is 12.4 Å². The first kappa shape index (κ1) is 20.3. The van der Waals surface area contributed by atoms with Gasteiger partial charge in [-0.2, -0.15) is 0 Å². The van der Waals surface area contributed by atoms with E-state index in [2.05, 4.69) is 5.32 Å². The summed E-state index contributed by atoms with van der Waals surface area (Å²) in [5.74, 6) is -1.43. The number of esters is 1. The molecule has 0 aromatic heterocycles. The van der Waals surface area contributed by atoms with Crippen LogP contribution in [-0.4, -0.2) is 47.5 Å². The third kappa shape index (κ3) is 3.74. The molecule has 1 saturated heterocycles. The maximum Gasteiger partial charge on any atom is 0.308 e. The molecule has 0 unspecified atom stereocenters. The summed E-state index contributed by atoms with van der Waals surface area (Å²) < 4.78 is 4.97. The van der Waals surface area contributed by atoms with E-state index < -0.39 is 18.5 Å². The van der Waals surface area contributed by atoms with E-state index in [0.29, 0.717) is 23.1 Å². The number of nitrogens with zero attached hydrogens (tertiary/aromatic N) is 1. The van der Waals surface area contributed by atoms with Crippen molar-refractivity contribution in [2.24, 2.45) is 23.7 Å². The molecular formula is C22H24N2O6. The number of fused-ring (bicyclic) bond motifs is 5. The van der Waals surface area contributed by atoms with Crippen LogP contribution >= 0.6 is 0 Å². The molecule has 2 bridgehead atoms. The van der Waals surface area contributed by atoms with Gasteiger partial charge in [0.2, 0.25) is 11.8 Å². The molecule has 1 aliphatic heterocycles. The van der Waals surface area contributed by atoms with Gasteiger partial charge in [0.25, 0.3) is 5.91 Å². The van der Waals surface area contributed by atoms with Gasteiger partial charge < -0.3 is 10.1 Å². The Morgan fingerprint density at radius 1 is 1.10 bits per heavy atom. The molecule has 0 radical (unpaired) electrons. The molecule has 8 nitrogen and oxygen atoms in total. The number of likely N-dealkylation sites (tertiary alicyclic amines) is 1. The minimum Gasteiger partial charge on any atom is -0.456 e. The van der Waals surface area contributed by atoms with Crippen molar-refractivity contribution in [2.75, 3.05) is 18.5 Å². The number of ether oxygens (including phenoxy) is 1. The summed E-state index contributed by atoms with van der Waals surface area (Å²) >= 11 is 0. The van der Waals surface area contributed by atoms with E-state index in [9.17, 15) is 24.0 Å². The lowest BCUT2D eigenvalue weighted by Gasteiger charge is -2.19. The SMILES string of the molecule is CC(=O)c1cccc(NC(=O)COC(=O)CCN2C(=O)[C@@H]3[C@H]4CC[C@@H](C4)[C@@H]3C2=O)c1. The zero-order valence-electron chi connectivity index (χ0n) is 16.8. The van der Waals surface area contributed by atoms with Crippen molar-refractivity contribution in [1.29, 1.82) is 0 Å². The first-order valence-electron chi connectivity index (χ1n) is 10.3. The molecule has 1 aromatic carbocycles. The van der Waals surface area contributed by atoms with E-state index in [4.69, 9.17) is 4.74 Å². The maximum atomic E-state index is 12.6. The van der Waals surface area contributed by atoms with Crippen LogP contribution < -0.4 is 5.32 Å². The Labute approximate surface area is 173 Å². The second-order valence-corrected chi connectivity index (χ2v) is 8.31. The van der Waals surface area contributed by atoms with Crippen LogP contribution in [0.4, 0.5) is 5.69 Å². The molecule has 30 heavy (non-hydrogen) atoms. The summed E-state index contributed by atoms with van der Waals surface area (Å²) in [5, 5.41) is 2.56. The van der Waals surface area contributed by atoms with E-state index in [1.165, 1.54) is 17.9 Å². The molecule has 4 atom stereocenters. The highest BCUT2D eigenvalue weighted by Crippen LogP contribution is 2.56. The number of ketones is 1. The van der Waals surface area contributed by atoms with Crippen LogP contribution in [0.5, 0.6) is 0 Å². The molecule has 3 amide bonds. The molecular weight excluding hydrogens is 388 g/mol. The Kier molecular flexibility index (Phi) is 5.40. The average Bonchev–Trinajstić information content (AvgIpc) is 3.39. The lowest BCUT2D eigenvalue weighted by Crippen LogP contribution is -2.35. The predicted molar refractivity (Wildman–Crippen MR) is 105 cm³/mol. The highest BCUT2D eigenvalue weighted by molar-refractivity contribution is 6.06. The molecule has 2 aliphatic carbocycles. The minimum absolute atomic E-state index is 0.00871. The Bertz CT molecular complexity index is 898. The number of carbonyl (C=O) groups excluding carboxylic acids is 5. The fourth-order valence-corrected chi connectivity index (χ4v) is 5.13.